The van der Waals surface area contributed by atoms with Crippen molar-refractivity contribution in [2.24, 2.45) is 5.92 Å². The summed E-state index contributed by atoms with van der Waals surface area (Å²) in [7, 11) is 1.65. The second-order valence-electron chi connectivity index (χ2n) is 5.20. The second-order valence-corrected chi connectivity index (χ2v) is 5.20. The van der Waals surface area contributed by atoms with Crippen LogP contribution in [0.25, 0.3) is 0 Å². The standard InChI is InChI=1S/C16H24N2O3/c1-3-21-16(19)18-15(13-8-10-17-11-9-13)12-4-6-14(20-2)7-5-12/h4-7,13,15,17H,3,8-11H2,1-2H3,(H,18,19). The molecule has 21 heavy (non-hydrogen) atoms. The molecule has 1 aromatic carbocycles. The van der Waals surface area contributed by atoms with Gasteiger partial charge in [-0.1, -0.05) is 12.1 Å². The summed E-state index contributed by atoms with van der Waals surface area (Å²) in [6.07, 6.45) is 1.74. The summed E-state index contributed by atoms with van der Waals surface area (Å²) in [5, 5.41) is 6.37. The molecule has 1 aliphatic heterocycles. The summed E-state index contributed by atoms with van der Waals surface area (Å²) < 4.78 is 10.2. The van der Waals surface area contributed by atoms with E-state index >= 15 is 0 Å². The zero-order valence-electron chi connectivity index (χ0n) is 12.7. The molecule has 1 aromatic rings. The normalized spacial score (nSPS) is 17.0. The quantitative estimate of drug-likeness (QED) is 0.875. The molecule has 0 aliphatic carbocycles. The van der Waals surface area contributed by atoms with E-state index in [-0.39, 0.29) is 12.1 Å². The van der Waals surface area contributed by atoms with Crippen molar-refractivity contribution in [2.45, 2.75) is 25.8 Å². The van der Waals surface area contributed by atoms with Gasteiger partial charge in [0, 0.05) is 0 Å². The van der Waals surface area contributed by atoms with Crippen molar-refractivity contribution < 1.29 is 14.3 Å². The molecule has 1 unspecified atom stereocenters. The Balaban J connectivity index is 2.14. The number of nitrogens with one attached hydrogen (secondary N) is 2. The van der Waals surface area contributed by atoms with Gasteiger partial charge in [-0.3, -0.25) is 0 Å². The van der Waals surface area contributed by atoms with E-state index in [9.17, 15) is 4.79 Å². The molecule has 2 N–H and O–H groups in total. The van der Waals surface area contributed by atoms with Crippen LogP contribution in [0.2, 0.25) is 0 Å². The van der Waals surface area contributed by atoms with Gasteiger partial charge >= 0.3 is 6.09 Å². The van der Waals surface area contributed by atoms with E-state index < -0.39 is 0 Å². The first-order chi connectivity index (χ1) is 10.2. The van der Waals surface area contributed by atoms with Crippen LogP contribution < -0.4 is 15.4 Å². The smallest absolute Gasteiger partial charge is 0.407 e. The van der Waals surface area contributed by atoms with Gasteiger partial charge in [-0.25, -0.2) is 4.79 Å². The maximum atomic E-state index is 11.8. The van der Waals surface area contributed by atoms with E-state index in [4.69, 9.17) is 9.47 Å². The second kappa shape index (κ2) is 7.88. The van der Waals surface area contributed by atoms with Gasteiger partial charge in [-0.05, 0) is 56.5 Å². The lowest BCUT2D eigenvalue weighted by Crippen LogP contribution is -2.39. The number of rotatable bonds is 5. The first-order valence-corrected chi connectivity index (χ1v) is 7.52. The van der Waals surface area contributed by atoms with Crippen molar-refractivity contribution in [2.75, 3.05) is 26.8 Å². The van der Waals surface area contributed by atoms with Crippen molar-refractivity contribution in [1.82, 2.24) is 10.6 Å². The molecule has 1 aliphatic rings. The van der Waals surface area contributed by atoms with Crippen LogP contribution >= 0.6 is 0 Å². The first-order valence-electron chi connectivity index (χ1n) is 7.52. The monoisotopic (exact) mass is 292 g/mol. The minimum absolute atomic E-state index is 0.0166. The van der Waals surface area contributed by atoms with Crippen LogP contribution in [0.3, 0.4) is 0 Å². The molecule has 116 valence electrons. The molecule has 1 atom stereocenters. The van der Waals surface area contributed by atoms with Crippen LogP contribution in [0, 0.1) is 5.92 Å². The van der Waals surface area contributed by atoms with Crippen molar-refractivity contribution in [3.05, 3.63) is 29.8 Å². The van der Waals surface area contributed by atoms with Crippen LogP contribution in [0.4, 0.5) is 4.79 Å². The van der Waals surface area contributed by atoms with E-state index in [1.54, 1.807) is 7.11 Å². The van der Waals surface area contributed by atoms with Crippen molar-refractivity contribution in [1.29, 1.82) is 0 Å². The predicted molar refractivity (Wildman–Crippen MR) is 81.5 cm³/mol. The molecule has 5 heteroatoms. The van der Waals surface area contributed by atoms with Gasteiger partial charge in [-0.15, -0.1) is 0 Å². The fourth-order valence-corrected chi connectivity index (χ4v) is 2.76. The minimum Gasteiger partial charge on any atom is -0.497 e. The lowest BCUT2D eigenvalue weighted by Gasteiger charge is -2.31. The summed E-state index contributed by atoms with van der Waals surface area (Å²) in [5.41, 5.74) is 1.09. The largest absolute Gasteiger partial charge is 0.497 e. The topological polar surface area (TPSA) is 59.6 Å². The van der Waals surface area contributed by atoms with Crippen LogP contribution in [-0.4, -0.2) is 32.9 Å². The Morgan fingerprint density at radius 1 is 1.33 bits per heavy atom. The molecule has 1 saturated heterocycles. The average molecular weight is 292 g/mol. The Morgan fingerprint density at radius 2 is 2.00 bits per heavy atom. The number of alkyl carbamates (subject to hydrolysis) is 1. The Hall–Kier alpha value is -1.75. The number of carbonyl (C=O) groups is 1. The predicted octanol–water partition coefficient (Wildman–Crippen LogP) is 2.48. The Bertz CT molecular complexity index is 441. The minimum atomic E-state index is -0.350. The molecular weight excluding hydrogens is 268 g/mol. The highest BCUT2D eigenvalue weighted by molar-refractivity contribution is 5.68. The highest BCUT2D eigenvalue weighted by Crippen LogP contribution is 2.30. The summed E-state index contributed by atoms with van der Waals surface area (Å²) in [4.78, 5) is 11.8. The van der Waals surface area contributed by atoms with Gasteiger partial charge < -0.3 is 20.1 Å². The van der Waals surface area contributed by atoms with Crippen LogP contribution in [0.5, 0.6) is 5.75 Å². The van der Waals surface area contributed by atoms with Crippen LogP contribution in [0.15, 0.2) is 24.3 Å². The Kier molecular flexibility index (Phi) is 5.87. The van der Waals surface area contributed by atoms with Gasteiger partial charge in [0.15, 0.2) is 0 Å². The highest BCUT2D eigenvalue weighted by Gasteiger charge is 2.26. The molecule has 1 fully saturated rings. The fraction of sp³-hybridized carbons (Fsp3) is 0.562. The molecule has 1 amide bonds. The lowest BCUT2D eigenvalue weighted by atomic mass is 9.86. The van der Waals surface area contributed by atoms with Gasteiger partial charge in [0.2, 0.25) is 0 Å². The number of carbonyl (C=O) groups excluding carboxylic acids is 1. The van der Waals surface area contributed by atoms with Crippen molar-refractivity contribution >= 4 is 6.09 Å². The zero-order chi connectivity index (χ0) is 15.1. The SMILES string of the molecule is CCOC(=O)NC(c1ccc(OC)cc1)C1CCNCC1. The molecule has 1 heterocycles. The number of amides is 1. The number of hydrogen-bond acceptors (Lipinski definition) is 4. The third-order valence-corrected chi connectivity index (χ3v) is 3.88. The summed E-state index contributed by atoms with van der Waals surface area (Å²) in [5.74, 6) is 1.24. The van der Waals surface area contributed by atoms with Gasteiger partial charge in [-0.2, -0.15) is 0 Å². The van der Waals surface area contributed by atoms with Gasteiger partial charge in [0.1, 0.15) is 5.75 Å². The number of benzene rings is 1. The number of methoxy groups -OCH3 is 1. The maximum absolute atomic E-state index is 11.8. The van der Waals surface area contributed by atoms with E-state index in [0.717, 1.165) is 37.2 Å². The third-order valence-electron chi connectivity index (χ3n) is 3.88. The Morgan fingerprint density at radius 3 is 2.57 bits per heavy atom. The molecule has 2 rings (SSSR count). The summed E-state index contributed by atoms with van der Waals surface area (Å²) >= 11 is 0. The molecule has 5 nitrogen and oxygen atoms in total. The average Bonchev–Trinajstić information content (AvgIpc) is 2.54. The lowest BCUT2D eigenvalue weighted by molar-refractivity contribution is 0.141. The summed E-state index contributed by atoms with van der Waals surface area (Å²) in [6, 6.07) is 7.86. The molecule has 0 saturated carbocycles. The van der Waals surface area contributed by atoms with Crippen molar-refractivity contribution in [3.8, 4) is 5.75 Å². The first kappa shape index (κ1) is 15.6. The van der Waals surface area contributed by atoms with E-state index in [2.05, 4.69) is 10.6 Å². The van der Waals surface area contributed by atoms with Gasteiger partial charge in [0.25, 0.3) is 0 Å². The van der Waals surface area contributed by atoms with Gasteiger partial charge in [0.05, 0.1) is 19.8 Å². The number of hydrogen-bond donors (Lipinski definition) is 2. The molecule has 0 radical (unpaired) electrons. The zero-order valence-corrected chi connectivity index (χ0v) is 12.7. The van der Waals surface area contributed by atoms with E-state index in [0.29, 0.717) is 12.5 Å². The number of ether oxygens (including phenoxy) is 2. The maximum Gasteiger partial charge on any atom is 0.407 e. The van der Waals surface area contributed by atoms with Crippen LogP contribution in [-0.2, 0) is 4.74 Å². The molecule has 0 spiro atoms. The molecule has 0 bridgehead atoms. The summed E-state index contributed by atoms with van der Waals surface area (Å²) in [6.45, 7) is 4.17. The number of piperidine rings is 1. The van der Waals surface area contributed by atoms with E-state index in [1.165, 1.54) is 0 Å². The van der Waals surface area contributed by atoms with Crippen molar-refractivity contribution in [3.63, 3.8) is 0 Å². The Labute approximate surface area is 126 Å². The highest BCUT2D eigenvalue weighted by atomic mass is 16.5. The third kappa shape index (κ3) is 4.36. The molecule has 0 aromatic heterocycles. The fourth-order valence-electron chi connectivity index (χ4n) is 2.76. The molecular formula is C16H24N2O3. The van der Waals surface area contributed by atoms with Crippen LogP contribution in [0.1, 0.15) is 31.4 Å². The van der Waals surface area contributed by atoms with E-state index in [1.807, 2.05) is 31.2 Å².